The first kappa shape index (κ1) is 24.5. The third-order valence-corrected chi connectivity index (χ3v) is 7.33. The third-order valence-electron chi connectivity index (χ3n) is 5.51. The molecule has 0 unspecified atom stereocenters. The topological polar surface area (TPSA) is 94.5 Å². The highest BCUT2D eigenvalue weighted by atomic mass is 32.2. The van der Waals surface area contributed by atoms with Crippen LogP contribution in [0.4, 0.5) is 0 Å². The summed E-state index contributed by atoms with van der Waals surface area (Å²) in [5.74, 6) is 0.562. The van der Waals surface area contributed by atoms with Gasteiger partial charge in [-0.3, -0.25) is 4.79 Å². The van der Waals surface area contributed by atoms with Crippen LogP contribution < -0.4 is 10.1 Å². The Balaban J connectivity index is 2.05. The Kier molecular flexibility index (Phi) is 7.58. The van der Waals surface area contributed by atoms with Gasteiger partial charge in [0, 0.05) is 24.4 Å². The molecule has 1 aromatic heterocycles. The molecule has 1 heterocycles. The van der Waals surface area contributed by atoms with Gasteiger partial charge in [0.15, 0.2) is 0 Å². The quantitative estimate of drug-likeness (QED) is 0.453. The number of carbonyl (C=O) groups excluding carboxylic acids is 2. The van der Waals surface area contributed by atoms with Crippen LogP contribution in [-0.2, 0) is 26.0 Å². The SMILES string of the molecule is CC(=O)CCCc1c(C)n(S(=O)(=O)c2ccc(C)cc2)c2ccc(OCCNC(C)=O)cc12. The second-order valence-electron chi connectivity index (χ2n) is 8.21. The maximum absolute atomic E-state index is 13.6. The minimum absolute atomic E-state index is 0.102. The van der Waals surface area contributed by atoms with Gasteiger partial charge in [-0.25, -0.2) is 12.4 Å². The largest absolute Gasteiger partial charge is 0.492 e. The van der Waals surface area contributed by atoms with Gasteiger partial charge < -0.3 is 14.8 Å². The number of nitrogens with zero attached hydrogens (tertiary/aromatic N) is 1. The monoisotopic (exact) mass is 470 g/mol. The van der Waals surface area contributed by atoms with Crippen molar-refractivity contribution in [2.24, 2.45) is 0 Å². The second-order valence-corrected chi connectivity index (χ2v) is 10.00. The first-order chi connectivity index (χ1) is 15.6. The Hall–Kier alpha value is -3.13. The first-order valence-electron chi connectivity index (χ1n) is 10.9. The third kappa shape index (κ3) is 5.63. The molecule has 2 aromatic carbocycles. The molecular weight excluding hydrogens is 440 g/mol. The molecule has 7 nitrogen and oxygen atoms in total. The molecule has 0 radical (unpaired) electrons. The number of benzene rings is 2. The highest BCUT2D eigenvalue weighted by molar-refractivity contribution is 7.90. The average Bonchev–Trinajstić information content (AvgIpc) is 3.02. The van der Waals surface area contributed by atoms with E-state index in [0.29, 0.717) is 49.4 Å². The molecule has 1 amide bonds. The number of fused-ring (bicyclic) bond motifs is 1. The molecule has 0 bridgehead atoms. The molecule has 176 valence electrons. The predicted octanol–water partition coefficient (Wildman–Crippen LogP) is 3.92. The number of carbonyl (C=O) groups is 2. The lowest BCUT2D eigenvalue weighted by molar-refractivity contribution is -0.119. The van der Waals surface area contributed by atoms with Crippen molar-refractivity contribution in [1.29, 1.82) is 0 Å². The fourth-order valence-electron chi connectivity index (χ4n) is 3.87. The Bertz CT molecular complexity index is 1270. The zero-order chi connectivity index (χ0) is 24.2. The number of aryl methyl sites for hydroxylation is 2. The molecule has 3 aromatic rings. The van der Waals surface area contributed by atoms with Crippen LogP contribution >= 0.6 is 0 Å². The molecule has 0 fully saturated rings. The lowest BCUT2D eigenvalue weighted by Gasteiger charge is -2.11. The molecule has 0 aliphatic rings. The lowest BCUT2D eigenvalue weighted by Crippen LogP contribution is -2.25. The van der Waals surface area contributed by atoms with Crippen LogP contribution in [0.5, 0.6) is 5.75 Å². The normalized spacial score (nSPS) is 11.5. The van der Waals surface area contributed by atoms with Gasteiger partial charge in [-0.1, -0.05) is 17.7 Å². The smallest absolute Gasteiger partial charge is 0.268 e. The zero-order valence-corrected chi connectivity index (χ0v) is 20.3. The van der Waals surface area contributed by atoms with Crippen molar-refractivity contribution >= 4 is 32.6 Å². The maximum Gasteiger partial charge on any atom is 0.268 e. The molecule has 3 rings (SSSR count). The summed E-state index contributed by atoms with van der Waals surface area (Å²) in [4.78, 5) is 22.7. The zero-order valence-electron chi connectivity index (χ0n) is 19.5. The van der Waals surface area contributed by atoms with Gasteiger partial charge in [-0.05, 0) is 69.5 Å². The van der Waals surface area contributed by atoms with Gasteiger partial charge in [-0.2, -0.15) is 0 Å². The molecule has 8 heteroatoms. The van der Waals surface area contributed by atoms with E-state index in [1.807, 2.05) is 13.0 Å². The summed E-state index contributed by atoms with van der Waals surface area (Å²) in [5.41, 5.74) is 3.06. The highest BCUT2D eigenvalue weighted by Crippen LogP contribution is 2.33. The van der Waals surface area contributed by atoms with E-state index in [1.165, 1.54) is 10.9 Å². The summed E-state index contributed by atoms with van der Waals surface area (Å²) in [6, 6.07) is 12.1. The van der Waals surface area contributed by atoms with E-state index < -0.39 is 10.0 Å². The molecule has 0 saturated heterocycles. The van der Waals surface area contributed by atoms with Gasteiger partial charge in [-0.15, -0.1) is 0 Å². The van der Waals surface area contributed by atoms with Crippen LogP contribution in [0.2, 0.25) is 0 Å². The summed E-state index contributed by atoms with van der Waals surface area (Å²) in [6.07, 6.45) is 1.64. The van der Waals surface area contributed by atoms with Crippen LogP contribution in [0.1, 0.15) is 43.5 Å². The molecular formula is C25H30N2O5S. The number of ketones is 1. The highest BCUT2D eigenvalue weighted by Gasteiger charge is 2.25. The van der Waals surface area contributed by atoms with E-state index in [1.54, 1.807) is 50.2 Å². The average molecular weight is 471 g/mol. The van der Waals surface area contributed by atoms with Crippen molar-refractivity contribution in [2.75, 3.05) is 13.2 Å². The van der Waals surface area contributed by atoms with Crippen molar-refractivity contribution in [1.82, 2.24) is 9.29 Å². The van der Waals surface area contributed by atoms with Crippen molar-refractivity contribution in [3.05, 3.63) is 59.3 Å². The summed E-state index contributed by atoms with van der Waals surface area (Å²) >= 11 is 0. The first-order valence-corrected chi connectivity index (χ1v) is 12.4. The van der Waals surface area contributed by atoms with Crippen molar-refractivity contribution in [2.45, 2.75) is 51.9 Å². The second kappa shape index (κ2) is 10.2. The van der Waals surface area contributed by atoms with Crippen molar-refractivity contribution in [3.8, 4) is 5.75 Å². The minimum atomic E-state index is -3.82. The Morgan fingerprint density at radius 1 is 1.03 bits per heavy atom. The number of hydrogen-bond donors (Lipinski definition) is 1. The number of ether oxygens (including phenoxy) is 1. The molecule has 0 aliphatic carbocycles. The fraction of sp³-hybridized carbons (Fsp3) is 0.360. The molecule has 0 atom stereocenters. The van der Waals surface area contributed by atoms with Crippen LogP contribution in [0.3, 0.4) is 0 Å². The minimum Gasteiger partial charge on any atom is -0.492 e. The van der Waals surface area contributed by atoms with E-state index >= 15 is 0 Å². The summed E-state index contributed by atoms with van der Waals surface area (Å²) in [5, 5.41) is 3.46. The Morgan fingerprint density at radius 3 is 2.36 bits per heavy atom. The number of aromatic nitrogens is 1. The molecule has 1 N–H and O–H groups in total. The van der Waals surface area contributed by atoms with E-state index in [4.69, 9.17) is 4.74 Å². The van der Waals surface area contributed by atoms with Gasteiger partial charge in [0.25, 0.3) is 10.0 Å². The summed E-state index contributed by atoms with van der Waals surface area (Å²) < 4.78 is 34.3. The van der Waals surface area contributed by atoms with E-state index in [-0.39, 0.29) is 16.6 Å². The number of Topliss-reactive ketones (excluding diaryl/α,β-unsaturated/α-hetero) is 1. The fourth-order valence-corrected chi connectivity index (χ4v) is 5.45. The molecule has 0 aliphatic heterocycles. The summed E-state index contributed by atoms with van der Waals surface area (Å²) in [6.45, 7) is 7.38. The van der Waals surface area contributed by atoms with Crippen LogP contribution in [0.25, 0.3) is 10.9 Å². The maximum atomic E-state index is 13.6. The van der Waals surface area contributed by atoms with Crippen LogP contribution in [-0.4, -0.2) is 37.2 Å². The van der Waals surface area contributed by atoms with Gasteiger partial charge >= 0.3 is 0 Å². The van der Waals surface area contributed by atoms with E-state index in [2.05, 4.69) is 5.32 Å². The van der Waals surface area contributed by atoms with Crippen LogP contribution in [0, 0.1) is 13.8 Å². The number of amides is 1. The van der Waals surface area contributed by atoms with Gasteiger partial charge in [0.1, 0.15) is 18.1 Å². The standard InChI is InChI=1S/C25H30N2O5S/c1-17-8-11-22(12-9-17)33(30,31)27-19(3)23(7-5-6-18(2)28)24-16-21(10-13-25(24)27)32-15-14-26-20(4)29/h8-13,16H,5-7,14-15H2,1-4H3,(H,26,29). The van der Waals surface area contributed by atoms with Crippen molar-refractivity contribution < 1.29 is 22.7 Å². The summed E-state index contributed by atoms with van der Waals surface area (Å²) in [7, 11) is -3.82. The molecule has 33 heavy (non-hydrogen) atoms. The van der Waals surface area contributed by atoms with Gasteiger partial charge in [0.05, 0.1) is 17.0 Å². The van der Waals surface area contributed by atoms with Crippen molar-refractivity contribution in [3.63, 3.8) is 0 Å². The number of rotatable bonds is 10. The number of hydrogen-bond acceptors (Lipinski definition) is 5. The van der Waals surface area contributed by atoms with Crippen LogP contribution in [0.15, 0.2) is 47.4 Å². The molecule has 0 saturated carbocycles. The lowest BCUT2D eigenvalue weighted by atomic mass is 10.0. The number of nitrogens with one attached hydrogen (secondary N) is 1. The predicted molar refractivity (Wildman–Crippen MR) is 128 cm³/mol. The van der Waals surface area contributed by atoms with E-state index in [9.17, 15) is 18.0 Å². The Morgan fingerprint density at radius 2 is 1.73 bits per heavy atom. The van der Waals surface area contributed by atoms with Gasteiger partial charge in [0.2, 0.25) is 5.91 Å². The van der Waals surface area contributed by atoms with E-state index in [0.717, 1.165) is 16.5 Å². The Labute approximate surface area is 194 Å². The molecule has 0 spiro atoms.